The Morgan fingerprint density at radius 1 is 0.722 bits per heavy atom. The van der Waals surface area contributed by atoms with E-state index in [1.54, 1.807) is 0 Å². The van der Waals surface area contributed by atoms with Crippen LogP contribution in [-0.4, -0.2) is 176 Å². The highest BCUT2D eigenvalue weighted by Gasteiger charge is 2.58. The summed E-state index contributed by atoms with van der Waals surface area (Å²) < 4.78 is 106. The number of carbonyl (C=O) groups is 1. The number of hydrogen-bond acceptors (Lipinski definition) is 28. The van der Waals surface area contributed by atoms with Gasteiger partial charge >= 0.3 is 42.7 Å². The highest BCUT2D eigenvalue weighted by atomic mass is 31.3. The Hall–Kier alpha value is -6.00. The Bertz CT molecular complexity index is 3720. The maximum Gasteiger partial charge on any atom is 0.490 e. The molecule has 16 atom stereocenters. The highest BCUT2D eigenvalue weighted by Crippen LogP contribution is 2.68. The van der Waals surface area contributed by atoms with Gasteiger partial charge < -0.3 is 86.6 Å². The predicted molar refractivity (Wildman–Crippen MR) is 256 cm³/mol. The van der Waals surface area contributed by atoms with Crippen LogP contribution in [0.15, 0.2) is 33.4 Å². The van der Waals surface area contributed by atoms with Gasteiger partial charge in [0.05, 0.1) is 45.6 Å². The van der Waals surface area contributed by atoms with E-state index in [1.165, 1.54) is 22.5 Å². The number of rotatable bonds is 20. The zero-order chi connectivity index (χ0) is 57.4. The molecular formula is C34H48N17O24P4+. The van der Waals surface area contributed by atoms with Gasteiger partial charge in [0.15, 0.2) is 41.1 Å². The number of aromatic amines is 3. The molecule has 432 valence electrons. The zero-order valence-electron chi connectivity index (χ0n) is 40.2. The van der Waals surface area contributed by atoms with Crippen LogP contribution in [0.4, 0.5) is 22.6 Å². The largest absolute Gasteiger partial charge is 0.490 e. The van der Waals surface area contributed by atoms with E-state index in [9.17, 15) is 72.3 Å². The Kier molecular flexibility index (Phi) is 15.7. The molecule has 0 spiro atoms. The van der Waals surface area contributed by atoms with Crippen molar-refractivity contribution in [1.82, 2.24) is 58.9 Å². The molecule has 0 aliphatic carbocycles. The maximum absolute atomic E-state index is 14.4. The molecule has 3 aliphatic rings. The fourth-order valence-electron chi connectivity index (χ4n) is 9.12. The van der Waals surface area contributed by atoms with Crippen molar-refractivity contribution < 1.29 is 104 Å². The molecule has 6 aromatic heterocycles. The van der Waals surface area contributed by atoms with Crippen molar-refractivity contribution in [2.24, 2.45) is 18.7 Å². The van der Waals surface area contributed by atoms with Gasteiger partial charge in [0, 0.05) is 19.6 Å². The third-order valence-electron chi connectivity index (χ3n) is 12.5. The number of carbonyl (C=O) groups excluding carboxylic acids is 1. The first-order valence-electron chi connectivity index (χ1n) is 22.4. The Morgan fingerprint density at radius 3 is 1.81 bits per heavy atom. The number of nitrogens with one attached hydrogen (secondary N) is 4. The standard InChI is InChI=1S/C34H47N17O24P4/c1-48-9-51(24-16(48)27(57)47-33(37)44-24)28-17(52)10(3-39-34(38)58)11(71-28)4-69-77(61,62)74-79(65,66)75-78(63,64)70-6-13-21(20(67-2)30(73-13)50-8-41-15-23(50)43-32(36)46-26(15)56)76(59,60)68-5-12-18(53)19(54)29(72-12)49-7-40-14-22(49)42-31(35)45-25(14)55/h7-13,17-21,28-30,52-54H,3-6H2,1-2H3,(H15-,35,36,37,38,39,42,43,44,45,46,47,55,56,57,58,59,60,61,62,63,64,65,66)/p+1/t10-,11-,12-,13-,17-,18-,19-,20-,21-,28?,29-,30-/m1/s1. The lowest BCUT2D eigenvalue weighted by molar-refractivity contribution is -0.745. The van der Waals surface area contributed by atoms with Crippen molar-refractivity contribution in [2.45, 2.75) is 67.1 Å². The second kappa shape index (κ2) is 21.5. The number of nitrogens with two attached hydrogens (primary N) is 4. The minimum atomic E-state index is -6.29. The lowest BCUT2D eigenvalue weighted by atomic mass is 9.98. The smallest absolute Gasteiger partial charge is 0.387 e. The Morgan fingerprint density at radius 2 is 1.24 bits per heavy atom. The van der Waals surface area contributed by atoms with Crippen molar-refractivity contribution in [3.8, 4) is 0 Å². The maximum atomic E-state index is 14.4. The van der Waals surface area contributed by atoms with Crippen LogP contribution in [0.5, 0.6) is 0 Å². The number of methoxy groups -OCH3 is 1. The molecule has 9 rings (SSSR count). The molecule has 0 radical (unpaired) electrons. The number of amides is 2. The van der Waals surface area contributed by atoms with Crippen molar-refractivity contribution in [3.05, 3.63) is 50.0 Å². The van der Waals surface area contributed by atoms with Crippen molar-refractivity contribution in [1.29, 1.82) is 0 Å². The van der Waals surface area contributed by atoms with Gasteiger partial charge in [-0.25, -0.2) is 33.0 Å². The summed E-state index contributed by atoms with van der Waals surface area (Å²) in [7, 11) is -21.2. The summed E-state index contributed by atoms with van der Waals surface area (Å²) in [6.45, 7) is -3.96. The molecule has 5 unspecified atom stereocenters. The number of ether oxygens (including phenoxy) is 4. The van der Waals surface area contributed by atoms with Crippen LogP contribution in [-0.2, 0) is 66.4 Å². The van der Waals surface area contributed by atoms with Crippen LogP contribution >= 0.6 is 31.1 Å². The van der Waals surface area contributed by atoms with E-state index in [0.717, 1.165) is 28.9 Å². The number of anilines is 3. The second-order valence-electron chi connectivity index (χ2n) is 17.6. The predicted octanol–water partition coefficient (Wildman–Crippen LogP) is -5.43. The third-order valence-corrected chi connectivity index (χ3v) is 18.6. The summed E-state index contributed by atoms with van der Waals surface area (Å²) in [6.07, 6.45) is -13.5. The number of urea groups is 1. The fourth-order valence-corrected chi connectivity index (χ4v) is 14.4. The van der Waals surface area contributed by atoms with Gasteiger partial charge in [0.1, 0.15) is 42.3 Å². The molecular weight excluding hydrogens is 1150 g/mol. The first kappa shape index (κ1) is 57.7. The first-order chi connectivity index (χ1) is 37.0. The monoisotopic (exact) mass is 1200 g/mol. The van der Waals surface area contributed by atoms with Gasteiger partial charge in [-0.3, -0.25) is 56.6 Å². The Labute approximate surface area is 436 Å². The second-order valence-corrected chi connectivity index (χ2v) is 24.2. The van der Waals surface area contributed by atoms with Gasteiger partial charge in [0.25, 0.3) is 22.6 Å². The van der Waals surface area contributed by atoms with Gasteiger partial charge in [0.2, 0.25) is 23.6 Å². The molecule has 9 heterocycles. The molecule has 19 N–H and O–H groups in total. The summed E-state index contributed by atoms with van der Waals surface area (Å²) in [5.41, 5.74) is 16.9. The summed E-state index contributed by atoms with van der Waals surface area (Å²) in [5, 5.41) is 35.5. The van der Waals surface area contributed by atoms with Crippen LogP contribution in [0.2, 0.25) is 0 Å². The number of nitrogen functional groups attached to an aromatic ring is 3. The molecule has 0 saturated carbocycles. The van der Waals surface area contributed by atoms with Crippen LogP contribution < -0.4 is 49.5 Å². The van der Waals surface area contributed by atoms with Crippen LogP contribution in [0.1, 0.15) is 18.7 Å². The lowest BCUT2D eigenvalue weighted by Gasteiger charge is -2.28. The summed E-state index contributed by atoms with van der Waals surface area (Å²) in [5.74, 6) is -2.33. The van der Waals surface area contributed by atoms with Crippen molar-refractivity contribution >= 4 is 88.4 Å². The van der Waals surface area contributed by atoms with Crippen LogP contribution in [0.25, 0.3) is 33.5 Å². The highest BCUT2D eigenvalue weighted by molar-refractivity contribution is 7.66. The van der Waals surface area contributed by atoms with E-state index in [0.29, 0.717) is 0 Å². The van der Waals surface area contributed by atoms with E-state index >= 15 is 0 Å². The summed E-state index contributed by atoms with van der Waals surface area (Å²) in [4.78, 5) is 120. The third kappa shape index (κ3) is 11.5. The van der Waals surface area contributed by atoms with E-state index in [1.807, 2.05) is 0 Å². The van der Waals surface area contributed by atoms with Gasteiger partial charge in [-0.1, -0.05) is 4.98 Å². The minimum Gasteiger partial charge on any atom is -0.387 e. The normalized spacial score (nSPS) is 29.4. The molecule has 0 bridgehead atoms. The average Bonchev–Trinajstić information content (AvgIpc) is 4.40. The summed E-state index contributed by atoms with van der Waals surface area (Å²) >= 11 is 0. The number of phosphoric ester groups is 2. The number of phosphoric acid groups is 3. The van der Waals surface area contributed by atoms with E-state index in [4.69, 9.17) is 55.5 Å². The van der Waals surface area contributed by atoms with Crippen molar-refractivity contribution in [2.75, 3.05) is 50.7 Å². The van der Waals surface area contributed by atoms with E-state index in [2.05, 4.69) is 53.8 Å². The molecule has 41 nitrogen and oxygen atoms in total. The zero-order valence-corrected chi connectivity index (χ0v) is 43.8. The van der Waals surface area contributed by atoms with Crippen molar-refractivity contribution in [3.63, 3.8) is 0 Å². The number of aliphatic hydroxyl groups excluding tert-OH is 3. The number of aromatic nitrogens is 12. The molecule has 45 heteroatoms. The quantitative estimate of drug-likeness (QED) is 0.0251. The molecule has 3 saturated heterocycles. The van der Waals surface area contributed by atoms with Gasteiger partial charge in [-0.15, -0.1) is 0 Å². The number of imidazole rings is 3. The first-order valence-corrected chi connectivity index (χ1v) is 28.6. The van der Waals surface area contributed by atoms with Gasteiger partial charge in [-0.05, 0) is 0 Å². The number of fused-ring (bicyclic) bond motifs is 3. The number of H-pyrrole nitrogens is 3. The number of nitrogens with zero attached hydrogens (tertiary/aromatic N) is 9. The molecule has 6 aromatic rings. The van der Waals surface area contributed by atoms with E-state index in [-0.39, 0.29) is 45.4 Å². The molecule has 3 fully saturated rings. The fraction of sp³-hybridized carbons (Fsp3) is 0.529. The lowest BCUT2D eigenvalue weighted by Crippen LogP contribution is -2.47. The minimum absolute atomic E-state index is 0.0300. The molecule has 2 amide bonds. The Balaban J connectivity index is 0.901. The summed E-state index contributed by atoms with van der Waals surface area (Å²) in [6, 6.07) is -1.07. The van der Waals surface area contributed by atoms with Crippen LogP contribution in [0, 0.1) is 5.92 Å². The number of primary amides is 1. The van der Waals surface area contributed by atoms with Gasteiger partial charge in [-0.2, -0.15) is 18.6 Å². The molecule has 0 aromatic carbocycles. The topological polar surface area (TPSA) is 608 Å². The molecule has 3 aliphatic heterocycles. The molecule has 79 heavy (non-hydrogen) atoms. The van der Waals surface area contributed by atoms with Crippen LogP contribution in [0.3, 0.4) is 0 Å². The number of hydrogen-bond donors (Lipinski definition) is 15. The average molecular weight is 1200 g/mol. The van der Waals surface area contributed by atoms with E-state index < -0.39 is 159 Å². The number of aliphatic hydroxyl groups is 3. The number of aryl methyl sites for hydroxylation is 1. The SMILES string of the molecule is CO[C@@H]1[C@H](P(=O)(O)OC[C@H]2O[C@@H](n3cnc4c(=O)[nH]c(N)nc43)[C@H](O)[C@@H]2O)[C@@H](COP(=O)(O)OP(=O)(O)OP(=O)(O)OC[C@H]2OC([n+]3cn(C)c4c(=O)[nH]c(N)nc43)[C@H](O)[C@@H]2CNC(N)=O)O[C@H]1n1cnc2c(=O)[nH]c(N)nc21.